The summed E-state index contributed by atoms with van der Waals surface area (Å²) in [5, 5.41) is 12.9. The van der Waals surface area contributed by atoms with Crippen molar-refractivity contribution in [3.8, 4) is 17.1 Å². The zero-order valence-electron chi connectivity index (χ0n) is 21.4. The minimum atomic E-state index is -4.95. The number of carbonyl (C=O) groups is 1. The molecule has 14 heteroatoms. The number of hydrogen-bond acceptors (Lipinski definition) is 6. The van der Waals surface area contributed by atoms with Crippen LogP contribution in [0.1, 0.15) is 47.9 Å². The molecular weight excluding hydrogens is 556 g/mol. The van der Waals surface area contributed by atoms with Gasteiger partial charge in [0.2, 0.25) is 5.82 Å². The molecular formula is C27H23F6N5O3. The van der Waals surface area contributed by atoms with Crippen LogP contribution in [0, 0.1) is 5.92 Å². The molecule has 0 saturated heterocycles. The van der Waals surface area contributed by atoms with Gasteiger partial charge in [-0.2, -0.15) is 13.2 Å². The van der Waals surface area contributed by atoms with Gasteiger partial charge in [0.1, 0.15) is 17.1 Å². The van der Waals surface area contributed by atoms with E-state index in [0.717, 1.165) is 43.5 Å². The summed E-state index contributed by atoms with van der Waals surface area (Å²) in [7, 11) is 0. The summed E-state index contributed by atoms with van der Waals surface area (Å²) in [4.78, 5) is 24.5. The highest BCUT2D eigenvalue weighted by atomic mass is 19.4. The van der Waals surface area contributed by atoms with E-state index in [-0.39, 0.29) is 41.0 Å². The van der Waals surface area contributed by atoms with Crippen molar-refractivity contribution < 1.29 is 41.0 Å². The molecule has 8 nitrogen and oxygen atoms in total. The molecule has 1 saturated carbocycles. The Labute approximate surface area is 229 Å². The molecule has 216 valence electrons. The van der Waals surface area contributed by atoms with E-state index in [0.29, 0.717) is 11.5 Å². The third-order valence-electron chi connectivity index (χ3n) is 6.96. The van der Waals surface area contributed by atoms with Crippen LogP contribution in [0.5, 0.6) is 5.75 Å². The number of nitrogens with zero attached hydrogens (tertiary/aromatic N) is 4. The number of carboxylic acids is 1. The van der Waals surface area contributed by atoms with Crippen LogP contribution in [0.4, 0.5) is 32.2 Å². The summed E-state index contributed by atoms with van der Waals surface area (Å²) in [5.74, 6) is -1.93. The molecule has 0 amide bonds. The van der Waals surface area contributed by atoms with Gasteiger partial charge in [0.25, 0.3) is 0 Å². The highest BCUT2D eigenvalue weighted by molar-refractivity contribution is 5.92. The SMILES string of the molecule is CC(Nc1nc(C(=O)O)nc2nc(-c3cccc(OC(F)(F)F)c3)n(Cc3ccc(C(F)(F)F)cc3)c12)C1CCC1. The number of ether oxygens (including phenoxy) is 1. The Morgan fingerprint density at radius 3 is 2.37 bits per heavy atom. The number of aromatic carboxylic acids is 1. The van der Waals surface area contributed by atoms with Crippen molar-refractivity contribution in [1.29, 1.82) is 0 Å². The first-order valence-electron chi connectivity index (χ1n) is 12.6. The first-order valence-corrected chi connectivity index (χ1v) is 12.6. The first-order chi connectivity index (χ1) is 19.3. The molecule has 5 rings (SSSR count). The Balaban J connectivity index is 1.68. The molecule has 41 heavy (non-hydrogen) atoms. The molecule has 0 aliphatic heterocycles. The largest absolute Gasteiger partial charge is 0.573 e. The molecule has 2 aromatic carbocycles. The van der Waals surface area contributed by atoms with Crippen molar-refractivity contribution >= 4 is 23.0 Å². The van der Waals surface area contributed by atoms with Crippen LogP contribution in [-0.2, 0) is 12.7 Å². The van der Waals surface area contributed by atoms with Crippen LogP contribution >= 0.6 is 0 Å². The lowest BCUT2D eigenvalue weighted by Crippen LogP contribution is -2.31. The Kier molecular flexibility index (Phi) is 7.26. The highest BCUT2D eigenvalue weighted by Gasteiger charge is 2.32. The number of imidazole rings is 1. The minimum absolute atomic E-state index is 0.0511. The Morgan fingerprint density at radius 2 is 1.78 bits per heavy atom. The minimum Gasteiger partial charge on any atom is -0.475 e. The van der Waals surface area contributed by atoms with Crippen LogP contribution in [0.3, 0.4) is 0 Å². The van der Waals surface area contributed by atoms with Gasteiger partial charge in [-0.05, 0) is 55.5 Å². The van der Waals surface area contributed by atoms with Crippen LogP contribution in [0.2, 0.25) is 0 Å². The number of halogens is 6. The van der Waals surface area contributed by atoms with Crippen molar-refractivity contribution in [2.75, 3.05) is 5.32 Å². The van der Waals surface area contributed by atoms with E-state index < -0.39 is 35.6 Å². The summed E-state index contributed by atoms with van der Waals surface area (Å²) < 4.78 is 83.8. The summed E-state index contributed by atoms with van der Waals surface area (Å²) in [6.07, 6.45) is -6.50. The number of benzene rings is 2. The Hall–Kier alpha value is -4.36. The van der Waals surface area contributed by atoms with E-state index in [1.165, 1.54) is 28.8 Å². The van der Waals surface area contributed by atoms with Gasteiger partial charge in [0.05, 0.1) is 5.56 Å². The average Bonchev–Trinajstić information content (AvgIpc) is 3.20. The number of hydrogen-bond donors (Lipinski definition) is 2. The lowest BCUT2D eigenvalue weighted by atomic mass is 9.80. The van der Waals surface area contributed by atoms with E-state index in [1.54, 1.807) is 0 Å². The normalized spacial score (nSPS) is 15.0. The maximum Gasteiger partial charge on any atom is 0.573 e. The van der Waals surface area contributed by atoms with E-state index in [1.807, 2.05) is 6.92 Å². The Morgan fingerprint density at radius 1 is 1.07 bits per heavy atom. The maximum absolute atomic E-state index is 13.1. The third-order valence-corrected chi connectivity index (χ3v) is 6.96. The number of rotatable bonds is 8. The second-order valence-electron chi connectivity index (χ2n) is 9.79. The van der Waals surface area contributed by atoms with Crippen LogP contribution in [0.15, 0.2) is 48.5 Å². The molecule has 4 aromatic rings. The fourth-order valence-corrected chi connectivity index (χ4v) is 4.69. The molecule has 1 aliphatic carbocycles. The summed E-state index contributed by atoms with van der Waals surface area (Å²) in [5.41, 5.74) is -0.0591. The number of carboxylic acid groups (broad SMARTS) is 1. The van der Waals surface area contributed by atoms with Gasteiger partial charge in [-0.1, -0.05) is 30.7 Å². The van der Waals surface area contributed by atoms with Gasteiger partial charge in [0.15, 0.2) is 11.5 Å². The molecule has 0 bridgehead atoms. The number of aromatic nitrogens is 4. The summed E-state index contributed by atoms with van der Waals surface area (Å²) in [6, 6.07) is 9.29. The molecule has 1 fully saturated rings. The lowest BCUT2D eigenvalue weighted by Gasteiger charge is -2.32. The molecule has 2 heterocycles. The van der Waals surface area contributed by atoms with Crippen LogP contribution in [-0.4, -0.2) is 43.0 Å². The first kappa shape index (κ1) is 28.2. The number of nitrogens with one attached hydrogen (secondary N) is 1. The molecule has 2 aromatic heterocycles. The van der Waals surface area contributed by atoms with Gasteiger partial charge < -0.3 is 19.7 Å². The van der Waals surface area contributed by atoms with E-state index >= 15 is 0 Å². The van der Waals surface area contributed by atoms with Gasteiger partial charge >= 0.3 is 18.5 Å². The standard InChI is InChI=1S/C27H23F6N5O3/c1-14(16-4-2-5-16)34-21-20-22(36-23(35-21)25(39)40)37-24(17-6-3-7-19(12-17)41-27(31,32)33)38(20)13-15-8-10-18(11-9-15)26(28,29)30/h3,6-12,14,16H,2,4-5,13H2,1H3,(H,39,40)(H,34,35,36). The third kappa shape index (κ3) is 6.20. The smallest absolute Gasteiger partial charge is 0.475 e. The van der Waals surface area contributed by atoms with Crippen molar-refractivity contribution in [2.45, 2.75) is 51.3 Å². The van der Waals surface area contributed by atoms with Gasteiger partial charge in [0, 0.05) is 18.2 Å². The van der Waals surface area contributed by atoms with Gasteiger partial charge in [-0.15, -0.1) is 13.2 Å². The zero-order chi connectivity index (χ0) is 29.5. The number of fused-ring (bicyclic) bond motifs is 1. The number of anilines is 1. The second kappa shape index (κ2) is 10.6. The van der Waals surface area contributed by atoms with Crippen LogP contribution in [0.25, 0.3) is 22.6 Å². The monoisotopic (exact) mass is 579 g/mol. The van der Waals surface area contributed by atoms with E-state index in [2.05, 4.69) is 25.0 Å². The quantitative estimate of drug-likeness (QED) is 0.223. The Bertz CT molecular complexity index is 1580. The van der Waals surface area contributed by atoms with E-state index in [9.17, 15) is 36.2 Å². The number of alkyl halides is 6. The molecule has 0 radical (unpaired) electrons. The predicted molar refractivity (Wildman–Crippen MR) is 135 cm³/mol. The molecule has 0 spiro atoms. The summed E-state index contributed by atoms with van der Waals surface area (Å²) >= 11 is 0. The predicted octanol–water partition coefficient (Wildman–Crippen LogP) is 6.76. The highest BCUT2D eigenvalue weighted by Crippen LogP contribution is 2.35. The fourth-order valence-electron chi connectivity index (χ4n) is 4.69. The fraction of sp³-hybridized carbons (Fsp3) is 0.333. The molecule has 2 N–H and O–H groups in total. The average molecular weight is 580 g/mol. The lowest BCUT2D eigenvalue weighted by molar-refractivity contribution is -0.274. The van der Waals surface area contributed by atoms with Crippen molar-refractivity contribution in [1.82, 2.24) is 19.5 Å². The molecule has 1 atom stereocenters. The van der Waals surface area contributed by atoms with Crippen molar-refractivity contribution in [3.63, 3.8) is 0 Å². The van der Waals surface area contributed by atoms with Crippen molar-refractivity contribution in [2.24, 2.45) is 5.92 Å². The van der Waals surface area contributed by atoms with Gasteiger partial charge in [-0.25, -0.2) is 19.7 Å². The second-order valence-corrected chi connectivity index (χ2v) is 9.79. The van der Waals surface area contributed by atoms with Crippen LogP contribution < -0.4 is 10.1 Å². The van der Waals surface area contributed by atoms with E-state index in [4.69, 9.17) is 0 Å². The molecule has 1 unspecified atom stereocenters. The van der Waals surface area contributed by atoms with Crippen molar-refractivity contribution in [3.05, 3.63) is 65.5 Å². The van der Waals surface area contributed by atoms with Gasteiger partial charge in [-0.3, -0.25) is 0 Å². The maximum atomic E-state index is 13.1. The zero-order valence-corrected chi connectivity index (χ0v) is 21.4. The topological polar surface area (TPSA) is 102 Å². The molecule has 1 aliphatic rings. The summed E-state index contributed by atoms with van der Waals surface area (Å²) in [6.45, 7) is 1.85.